The van der Waals surface area contributed by atoms with E-state index in [4.69, 9.17) is 0 Å². The third-order valence-electron chi connectivity index (χ3n) is 11.2. The third kappa shape index (κ3) is 3.84. The van der Waals surface area contributed by atoms with Gasteiger partial charge in [-0.15, -0.1) is 0 Å². The van der Waals surface area contributed by atoms with Gasteiger partial charge in [0.25, 0.3) is 0 Å². The quantitative estimate of drug-likeness (QED) is 0.572. The SMILES string of the molecule is C[C@H](CCC(=O)C(C)(C)C)[C@H]1CCC2C3CC[C@@H]4C[C@H](O)CC[C@]4(C)[C@H]3C[C@H](O)[C@@]21C. The van der Waals surface area contributed by atoms with Gasteiger partial charge in [-0.05, 0) is 104 Å². The van der Waals surface area contributed by atoms with Crippen molar-refractivity contribution in [3.8, 4) is 0 Å². The first-order valence-corrected chi connectivity index (χ1v) is 13.3. The van der Waals surface area contributed by atoms with Crippen molar-refractivity contribution >= 4 is 5.78 Å². The summed E-state index contributed by atoms with van der Waals surface area (Å²) in [6, 6.07) is 0. The van der Waals surface area contributed by atoms with Gasteiger partial charge in [0.05, 0.1) is 12.2 Å². The topological polar surface area (TPSA) is 57.5 Å². The Kier molecular flexibility index (Phi) is 6.21. The summed E-state index contributed by atoms with van der Waals surface area (Å²) in [4.78, 5) is 12.5. The zero-order chi connectivity index (χ0) is 22.8. The number of carbonyl (C=O) groups is 1. The van der Waals surface area contributed by atoms with Crippen LogP contribution in [0.25, 0.3) is 0 Å². The van der Waals surface area contributed by atoms with Crippen LogP contribution < -0.4 is 0 Å². The van der Waals surface area contributed by atoms with E-state index in [-0.39, 0.29) is 23.0 Å². The molecule has 178 valence electrons. The Bertz CT molecular complexity index is 680. The highest BCUT2D eigenvalue weighted by Crippen LogP contribution is 2.68. The van der Waals surface area contributed by atoms with Gasteiger partial charge in [0.1, 0.15) is 5.78 Å². The van der Waals surface area contributed by atoms with Crippen molar-refractivity contribution in [3.63, 3.8) is 0 Å². The number of carbonyl (C=O) groups excluding carboxylic acids is 1. The van der Waals surface area contributed by atoms with Gasteiger partial charge in [0, 0.05) is 11.8 Å². The Hall–Kier alpha value is -0.410. The molecule has 0 amide bonds. The summed E-state index contributed by atoms with van der Waals surface area (Å²) >= 11 is 0. The van der Waals surface area contributed by atoms with Crippen LogP contribution in [0.1, 0.15) is 106 Å². The monoisotopic (exact) mass is 432 g/mol. The third-order valence-corrected chi connectivity index (χ3v) is 11.2. The molecule has 3 heteroatoms. The summed E-state index contributed by atoms with van der Waals surface area (Å²) in [6.45, 7) is 13.3. The molecule has 0 saturated heterocycles. The number of aliphatic hydroxyl groups excluding tert-OH is 2. The molecule has 0 bridgehead atoms. The minimum atomic E-state index is -0.249. The van der Waals surface area contributed by atoms with Crippen LogP contribution in [-0.2, 0) is 4.79 Å². The van der Waals surface area contributed by atoms with Crippen LogP contribution in [0.2, 0.25) is 0 Å². The number of Topliss-reactive ketones (excluding diaryl/α,β-unsaturated/α-hetero) is 1. The fourth-order valence-corrected chi connectivity index (χ4v) is 9.10. The molecule has 4 aliphatic rings. The van der Waals surface area contributed by atoms with Gasteiger partial charge in [-0.3, -0.25) is 4.79 Å². The zero-order valence-electron chi connectivity index (χ0n) is 21.0. The largest absolute Gasteiger partial charge is 0.393 e. The molecule has 4 fully saturated rings. The van der Waals surface area contributed by atoms with E-state index in [1.165, 1.54) is 25.7 Å². The molecule has 4 aliphatic carbocycles. The first-order chi connectivity index (χ1) is 14.4. The van der Waals surface area contributed by atoms with E-state index in [0.717, 1.165) is 38.0 Å². The van der Waals surface area contributed by atoms with Gasteiger partial charge in [-0.2, -0.15) is 0 Å². The van der Waals surface area contributed by atoms with E-state index >= 15 is 0 Å². The molecule has 0 heterocycles. The van der Waals surface area contributed by atoms with Crippen LogP contribution in [-0.4, -0.2) is 28.2 Å². The zero-order valence-corrected chi connectivity index (χ0v) is 21.0. The maximum Gasteiger partial charge on any atom is 0.138 e. The molecule has 4 rings (SSSR count). The first-order valence-electron chi connectivity index (χ1n) is 13.3. The van der Waals surface area contributed by atoms with Crippen LogP contribution in [0.3, 0.4) is 0 Å². The van der Waals surface area contributed by atoms with Crippen molar-refractivity contribution in [2.75, 3.05) is 0 Å². The number of ketones is 1. The minimum Gasteiger partial charge on any atom is -0.393 e. The van der Waals surface area contributed by atoms with E-state index in [1.807, 2.05) is 20.8 Å². The van der Waals surface area contributed by atoms with Gasteiger partial charge in [-0.1, -0.05) is 41.5 Å². The number of fused-ring (bicyclic) bond motifs is 5. The summed E-state index contributed by atoms with van der Waals surface area (Å²) in [7, 11) is 0. The van der Waals surface area contributed by atoms with Crippen molar-refractivity contribution in [2.45, 2.75) is 118 Å². The Morgan fingerprint density at radius 3 is 2.39 bits per heavy atom. The van der Waals surface area contributed by atoms with Crippen LogP contribution in [0, 0.1) is 51.8 Å². The average molecular weight is 433 g/mol. The van der Waals surface area contributed by atoms with E-state index in [1.54, 1.807) is 0 Å². The van der Waals surface area contributed by atoms with Crippen molar-refractivity contribution < 1.29 is 15.0 Å². The lowest BCUT2D eigenvalue weighted by molar-refractivity contribution is -0.175. The van der Waals surface area contributed by atoms with Crippen LogP contribution >= 0.6 is 0 Å². The summed E-state index contributed by atoms with van der Waals surface area (Å²) in [6.07, 6.45) is 10.3. The average Bonchev–Trinajstić information content (AvgIpc) is 3.05. The second kappa shape index (κ2) is 8.12. The molecule has 4 saturated carbocycles. The highest BCUT2D eigenvalue weighted by atomic mass is 16.3. The van der Waals surface area contributed by atoms with E-state index in [9.17, 15) is 15.0 Å². The molecule has 0 spiro atoms. The van der Waals surface area contributed by atoms with Crippen LogP contribution in [0.5, 0.6) is 0 Å². The normalized spacial score (nSPS) is 48.5. The Labute approximate surface area is 190 Å². The Morgan fingerprint density at radius 2 is 1.71 bits per heavy atom. The molecule has 0 radical (unpaired) electrons. The van der Waals surface area contributed by atoms with E-state index in [0.29, 0.717) is 47.2 Å². The Balaban J connectivity index is 1.51. The maximum atomic E-state index is 12.5. The lowest BCUT2D eigenvalue weighted by Crippen LogP contribution is -2.58. The Morgan fingerprint density at radius 1 is 1.00 bits per heavy atom. The van der Waals surface area contributed by atoms with E-state index in [2.05, 4.69) is 20.8 Å². The lowest BCUT2D eigenvalue weighted by atomic mass is 9.43. The fourth-order valence-electron chi connectivity index (χ4n) is 9.10. The smallest absolute Gasteiger partial charge is 0.138 e. The predicted molar refractivity (Wildman–Crippen MR) is 125 cm³/mol. The molecular formula is C28H48O3. The van der Waals surface area contributed by atoms with Gasteiger partial charge in [0.2, 0.25) is 0 Å². The molecular weight excluding hydrogens is 384 g/mol. The van der Waals surface area contributed by atoms with Gasteiger partial charge in [-0.25, -0.2) is 0 Å². The minimum absolute atomic E-state index is 0.00272. The second-order valence-electron chi connectivity index (χ2n) is 13.6. The summed E-state index contributed by atoms with van der Waals surface area (Å²) < 4.78 is 0. The molecule has 0 aromatic rings. The summed E-state index contributed by atoms with van der Waals surface area (Å²) in [5.74, 6) is 3.99. The van der Waals surface area contributed by atoms with E-state index < -0.39 is 0 Å². The second-order valence-corrected chi connectivity index (χ2v) is 13.6. The molecule has 0 aromatic heterocycles. The predicted octanol–water partition coefficient (Wildman–Crippen LogP) is 6.01. The highest BCUT2D eigenvalue weighted by Gasteiger charge is 2.63. The molecule has 0 aliphatic heterocycles. The molecule has 2 N–H and O–H groups in total. The molecule has 0 aromatic carbocycles. The maximum absolute atomic E-state index is 12.5. The first kappa shape index (κ1) is 23.7. The van der Waals surface area contributed by atoms with Gasteiger partial charge in [0.15, 0.2) is 0 Å². The van der Waals surface area contributed by atoms with Crippen molar-refractivity contribution in [3.05, 3.63) is 0 Å². The number of aliphatic hydroxyl groups is 2. The highest BCUT2D eigenvalue weighted by molar-refractivity contribution is 5.83. The number of rotatable bonds is 4. The van der Waals surface area contributed by atoms with Crippen LogP contribution in [0.15, 0.2) is 0 Å². The molecule has 10 atom stereocenters. The van der Waals surface area contributed by atoms with Gasteiger partial charge < -0.3 is 10.2 Å². The van der Waals surface area contributed by atoms with Crippen LogP contribution in [0.4, 0.5) is 0 Å². The van der Waals surface area contributed by atoms with Gasteiger partial charge >= 0.3 is 0 Å². The van der Waals surface area contributed by atoms with Crippen molar-refractivity contribution in [2.24, 2.45) is 51.8 Å². The number of hydrogen-bond donors (Lipinski definition) is 2. The lowest BCUT2D eigenvalue weighted by Gasteiger charge is -2.62. The standard InChI is InChI=1S/C28H48O3/c1-17(7-12-24(30)26(2,3)4)21-10-11-22-20-9-8-18-15-19(29)13-14-27(18,5)23(20)16-25(31)28(21,22)6/h17-23,25,29,31H,7-16H2,1-6H3/t17-,18-,19-,20?,21-,22?,23+,25+,27+,28-/m1/s1. The molecule has 3 nitrogen and oxygen atoms in total. The molecule has 2 unspecified atom stereocenters. The fraction of sp³-hybridized carbons (Fsp3) is 0.964. The van der Waals surface area contributed by atoms with Crippen molar-refractivity contribution in [1.82, 2.24) is 0 Å². The molecule has 31 heavy (non-hydrogen) atoms. The summed E-state index contributed by atoms with van der Waals surface area (Å²) in [5.41, 5.74) is 0.0527. The van der Waals surface area contributed by atoms with Crippen molar-refractivity contribution in [1.29, 1.82) is 0 Å². The number of hydrogen-bond acceptors (Lipinski definition) is 3. The summed E-state index contributed by atoms with van der Waals surface area (Å²) in [5, 5.41) is 21.9.